The number of benzene rings is 1. The molecule has 0 unspecified atom stereocenters. The number of ether oxygens (including phenoxy) is 2. The monoisotopic (exact) mass is 295 g/mol. The highest BCUT2D eigenvalue weighted by atomic mass is 32.2. The van der Waals surface area contributed by atoms with Crippen molar-refractivity contribution in [1.29, 1.82) is 0 Å². The zero-order valence-electron chi connectivity index (χ0n) is 10.5. The van der Waals surface area contributed by atoms with E-state index in [0.29, 0.717) is 30.4 Å². The first-order valence-electron chi connectivity index (χ1n) is 6.06. The average molecular weight is 295 g/mol. The normalized spacial score (nSPS) is 14.6. The summed E-state index contributed by atoms with van der Waals surface area (Å²) < 4.78 is 37.5. The van der Waals surface area contributed by atoms with E-state index in [1.165, 1.54) is 12.5 Å². The van der Waals surface area contributed by atoms with Crippen LogP contribution < -0.4 is 14.2 Å². The Kier molecular flexibility index (Phi) is 3.23. The number of imidazole rings is 1. The summed E-state index contributed by atoms with van der Waals surface area (Å²) in [5.41, 5.74) is 0.406. The van der Waals surface area contributed by atoms with E-state index in [0.717, 1.165) is 6.42 Å². The van der Waals surface area contributed by atoms with Crippen LogP contribution in [0.15, 0.2) is 35.7 Å². The van der Waals surface area contributed by atoms with Crippen LogP contribution in [0.2, 0.25) is 0 Å². The number of nitrogens with one attached hydrogen (secondary N) is 2. The summed E-state index contributed by atoms with van der Waals surface area (Å²) in [4.78, 5) is 6.25. The van der Waals surface area contributed by atoms with Gasteiger partial charge in [-0.05, 0) is 12.1 Å². The molecule has 0 radical (unpaired) electrons. The van der Waals surface area contributed by atoms with Crippen LogP contribution in [0.5, 0.6) is 11.5 Å². The van der Waals surface area contributed by atoms with E-state index in [1.54, 1.807) is 18.2 Å². The van der Waals surface area contributed by atoms with Gasteiger partial charge in [-0.2, -0.15) is 8.42 Å². The summed E-state index contributed by atoms with van der Waals surface area (Å²) >= 11 is 0. The van der Waals surface area contributed by atoms with Gasteiger partial charge in [-0.1, -0.05) is 0 Å². The second-order valence-corrected chi connectivity index (χ2v) is 5.88. The first-order valence-corrected chi connectivity index (χ1v) is 7.54. The van der Waals surface area contributed by atoms with Gasteiger partial charge < -0.3 is 14.5 Å². The number of aromatic amines is 1. The zero-order valence-corrected chi connectivity index (χ0v) is 11.3. The fraction of sp³-hybridized carbons (Fsp3) is 0.250. The summed E-state index contributed by atoms with van der Waals surface area (Å²) in [6.07, 6.45) is 3.35. The Morgan fingerprint density at radius 2 is 2.00 bits per heavy atom. The number of anilines is 1. The molecule has 7 nitrogen and oxygen atoms in total. The third-order valence-corrected chi connectivity index (χ3v) is 4.07. The van der Waals surface area contributed by atoms with Crippen molar-refractivity contribution in [2.24, 2.45) is 0 Å². The van der Waals surface area contributed by atoms with E-state index in [9.17, 15) is 8.42 Å². The molecule has 0 saturated heterocycles. The Hall–Kier alpha value is -2.22. The number of rotatable bonds is 3. The van der Waals surface area contributed by atoms with Gasteiger partial charge in [0.15, 0.2) is 16.5 Å². The minimum Gasteiger partial charge on any atom is -0.490 e. The summed E-state index contributed by atoms with van der Waals surface area (Å²) in [5, 5.41) is 0.00427. The number of aromatic nitrogens is 2. The highest BCUT2D eigenvalue weighted by Crippen LogP contribution is 2.32. The number of nitrogens with zero attached hydrogens (tertiary/aromatic N) is 1. The SMILES string of the molecule is O=S(=O)(Nc1ccc2c(c1)OCCCO2)c1cnc[nH]1. The van der Waals surface area contributed by atoms with Gasteiger partial charge in [-0.25, -0.2) is 4.98 Å². The molecule has 0 amide bonds. The van der Waals surface area contributed by atoms with Crippen LogP contribution in [0.25, 0.3) is 0 Å². The van der Waals surface area contributed by atoms with Crippen LogP contribution >= 0.6 is 0 Å². The van der Waals surface area contributed by atoms with Crippen LogP contribution in [-0.2, 0) is 10.0 Å². The van der Waals surface area contributed by atoms with Crippen molar-refractivity contribution in [2.45, 2.75) is 11.4 Å². The largest absolute Gasteiger partial charge is 0.490 e. The molecule has 1 aromatic heterocycles. The molecule has 1 aromatic carbocycles. The van der Waals surface area contributed by atoms with Crippen molar-refractivity contribution in [3.05, 3.63) is 30.7 Å². The lowest BCUT2D eigenvalue weighted by molar-refractivity contribution is 0.297. The third kappa shape index (κ3) is 2.55. The molecule has 0 saturated carbocycles. The molecule has 2 N–H and O–H groups in total. The van der Waals surface area contributed by atoms with E-state index in [2.05, 4.69) is 14.7 Å². The van der Waals surface area contributed by atoms with Crippen LogP contribution in [0.3, 0.4) is 0 Å². The number of hydrogen-bond acceptors (Lipinski definition) is 5. The Morgan fingerprint density at radius 1 is 1.20 bits per heavy atom. The minimum absolute atomic E-state index is 0.00427. The van der Waals surface area contributed by atoms with Gasteiger partial charge in [0, 0.05) is 12.5 Å². The van der Waals surface area contributed by atoms with Crippen LogP contribution in [0.1, 0.15) is 6.42 Å². The first-order chi connectivity index (χ1) is 9.65. The van der Waals surface area contributed by atoms with Crippen molar-refractivity contribution in [3.63, 3.8) is 0 Å². The molecule has 1 aliphatic rings. The summed E-state index contributed by atoms with van der Waals surface area (Å²) in [6.45, 7) is 1.13. The standard InChI is InChI=1S/C12H13N3O4S/c16-20(17,12-7-13-8-14-12)15-9-2-3-10-11(6-9)19-5-1-4-18-10/h2-3,6-8,15H,1,4-5H2,(H,13,14). The maximum Gasteiger partial charge on any atom is 0.278 e. The van der Waals surface area contributed by atoms with Crippen molar-refractivity contribution < 1.29 is 17.9 Å². The van der Waals surface area contributed by atoms with Gasteiger partial charge in [0.1, 0.15) is 0 Å². The molecule has 0 aliphatic carbocycles. The lowest BCUT2D eigenvalue weighted by Crippen LogP contribution is -2.13. The maximum atomic E-state index is 12.0. The Labute approximate surface area is 116 Å². The summed E-state index contributed by atoms with van der Waals surface area (Å²) in [5.74, 6) is 1.15. The van der Waals surface area contributed by atoms with E-state index >= 15 is 0 Å². The van der Waals surface area contributed by atoms with Gasteiger partial charge >= 0.3 is 0 Å². The molecule has 20 heavy (non-hydrogen) atoms. The Morgan fingerprint density at radius 3 is 2.75 bits per heavy atom. The van der Waals surface area contributed by atoms with Gasteiger partial charge in [0.2, 0.25) is 0 Å². The van der Waals surface area contributed by atoms with E-state index in [1.807, 2.05) is 0 Å². The van der Waals surface area contributed by atoms with Gasteiger partial charge in [-0.15, -0.1) is 0 Å². The van der Waals surface area contributed by atoms with Crippen LogP contribution in [0.4, 0.5) is 5.69 Å². The van der Waals surface area contributed by atoms with E-state index in [-0.39, 0.29) is 5.03 Å². The quantitative estimate of drug-likeness (QED) is 0.892. The molecule has 0 atom stereocenters. The molecule has 0 bridgehead atoms. The first kappa shape index (κ1) is 12.8. The predicted molar refractivity (Wildman–Crippen MR) is 71.4 cm³/mol. The average Bonchev–Trinajstić information content (AvgIpc) is 2.86. The van der Waals surface area contributed by atoms with Crippen LogP contribution in [0, 0.1) is 0 Å². The molecule has 8 heteroatoms. The molecule has 0 spiro atoms. The fourth-order valence-electron chi connectivity index (χ4n) is 1.83. The third-order valence-electron chi connectivity index (χ3n) is 2.76. The molecule has 2 heterocycles. The topological polar surface area (TPSA) is 93.3 Å². The molecule has 3 rings (SSSR count). The lowest BCUT2D eigenvalue weighted by atomic mass is 10.3. The molecule has 0 fully saturated rings. The minimum atomic E-state index is -3.67. The Balaban J connectivity index is 1.87. The predicted octanol–water partition coefficient (Wildman–Crippen LogP) is 1.37. The van der Waals surface area contributed by atoms with Crippen molar-refractivity contribution in [2.75, 3.05) is 17.9 Å². The fourth-order valence-corrected chi connectivity index (χ4v) is 2.78. The highest BCUT2D eigenvalue weighted by molar-refractivity contribution is 7.92. The number of hydrogen-bond donors (Lipinski definition) is 2. The molecular weight excluding hydrogens is 282 g/mol. The number of fused-ring (bicyclic) bond motifs is 1. The number of sulfonamides is 1. The number of H-pyrrole nitrogens is 1. The second kappa shape index (κ2) is 5.04. The smallest absolute Gasteiger partial charge is 0.278 e. The van der Waals surface area contributed by atoms with E-state index in [4.69, 9.17) is 9.47 Å². The van der Waals surface area contributed by atoms with Gasteiger partial charge in [-0.3, -0.25) is 4.72 Å². The summed E-state index contributed by atoms with van der Waals surface area (Å²) in [6, 6.07) is 4.92. The molecule has 106 valence electrons. The van der Waals surface area contributed by atoms with Gasteiger partial charge in [0.25, 0.3) is 10.0 Å². The second-order valence-electron chi connectivity index (χ2n) is 4.23. The zero-order chi connectivity index (χ0) is 14.0. The molecular formula is C12H13N3O4S. The maximum absolute atomic E-state index is 12.0. The Bertz CT molecular complexity index is 697. The van der Waals surface area contributed by atoms with Crippen molar-refractivity contribution in [3.8, 4) is 11.5 Å². The van der Waals surface area contributed by atoms with E-state index < -0.39 is 10.0 Å². The summed E-state index contributed by atoms with van der Waals surface area (Å²) in [7, 11) is -3.67. The van der Waals surface area contributed by atoms with Gasteiger partial charge in [0.05, 0.1) is 31.4 Å². The van der Waals surface area contributed by atoms with Crippen molar-refractivity contribution in [1.82, 2.24) is 9.97 Å². The lowest BCUT2D eigenvalue weighted by Gasteiger charge is -2.10. The highest BCUT2D eigenvalue weighted by Gasteiger charge is 2.17. The van der Waals surface area contributed by atoms with Crippen molar-refractivity contribution >= 4 is 15.7 Å². The molecule has 1 aliphatic heterocycles. The van der Waals surface area contributed by atoms with Crippen LogP contribution in [-0.4, -0.2) is 31.6 Å². The molecule has 2 aromatic rings.